The van der Waals surface area contributed by atoms with Gasteiger partial charge in [-0.05, 0) is 23.8 Å². The first-order valence-corrected chi connectivity index (χ1v) is 7.09. The highest BCUT2D eigenvalue weighted by molar-refractivity contribution is 8.14. The lowest BCUT2D eigenvalue weighted by molar-refractivity contribution is 0.360. The van der Waals surface area contributed by atoms with E-state index in [1.807, 2.05) is 54.6 Å². The standard InChI is InChI=1S/C15H14ClNOS/c16-14-9-5-4-6-12(14)10-17-15(11-18)19-13-7-2-1-3-8-13/h1-9,18H,10-11H2. The van der Waals surface area contributed by atoms with Crippen molar-refractivity contribution in [2.75, 3.05) is 6.61 Å². The second-order valence-corrected chi connectivity index (χ2v) is 5.43. The van der Waals surface area contributed by atoms with Crippen LogP contribution < -0.4 is 0 Å². The van der Waals surface area contributed by atoms with Gasteiger partial charge in [0.1, 0.15) is 0 Å². The summed E-state index contributed by atoms with van der Waals surface area (Å²) >= 11 is 7.54. The normalized spacial score (nSPS) is 11.6. The van der Waals surface area contributed by atoms with Crippen LogP contribution in [0, 0.1) is 0 Å². The Kier molecular flexibility index (Phi) is 5.45. The van der Waals surface area contributed by atoms with E-state index in [9.17, 15) is 5.11 Å². The molecule has 0 radical (unpaired) electrons. The van der Waals surface area contributed by atoms with Gasteiger partial charge < -0.3 is 5.11 Å². The number of hydrogen-bond acceptors (Lipinski definition) is 3. The van der Waals surface area contributed by atoms with Gasteiger partial charge in [-0.15, -0.1) is 0 Å². The topological polar surface area (TPSA) is 32.6 Å². The summed E-state index contributed by atoms with van der Waals surface area (Å²) in [4.78, 5) is 5.48. The van der Waals surface area contributed by atoms with Crippen LogP contribution in [0.3, 0.4) is 0 Å². The minimum Gasteiger partial charge on any atom is -0.389 e. The molecule has 2 aromatic carbocycles. The van der Waals surface area contributed by atoms with E-state index in [4.69, 9.17) is 11.6 Å². The first-order valence-electron chi connectivity index (χ1n) is 5.90. The Hall–Kier alpha value is -1.29. The largest absolute Gasteiger partial charge is 0.389 e. The van der Waals surface area contributed by atoms with Gasteiger partial charge in [0.2, 0.25) is 0 Å². The molecule has 2 nitrogen and oxygen atoms in total. The molecule has 0 aliphatic carbocycles. The molecule has 0 unspecified atom stereocenters. The SMILES string of the molecule is OCC(=NCc1ccccc1Cl)Sc1ccccc1. The van der Waals surface area contributed by atoms with Gasteiger partial charge in [-0.1, -0.05) is 59.8 Å². The van der Waals surface area contributed by atoms with Crippen molar-refractivity contribution in [2.45, 2.75) is 11.4 Å². The summed E-state index contributed by atoms with van der Waals surface area (Å²) < 4.78 is 0. The number of nitrogens with zero attached hydrogens (tertiary/aromatic N) is 1. The molecule has 0 fully saturated rings. The van der Waals surface area contributed by atoms with Crippen LogP contribution in [0.2, 0.25) is 5.02 Å². The van der Waals surface area contributed by atoms with Crippen molar-refractivity contribution in [1.29, 1.82) is 0 Å². The number of hydrogen-bond donors (Lipinski definition) is 1. The highest BCUT2D eigenvalue weighted by Crippen LogP contribution is 2.21. The Labute approximate surface area is 122 Å². The first-order chi connectivity index (χ1) is 9.29. The molecule has 0 bridgehead atoms. The summed E-state index contributed by atoms with van der Waals surface area (Å²) in [6.07, 6.45) is 0. The molecule has 0 aromatic heterocycles. The van der Waals surface area contributed by atoms with E-state index in [1.165, 1.54) is 11.8 Å². The van der Waals surface area contributed by atoms with Crippen LogP contribution in [0.4, 0.5) is 0 Å². The Morgan fingerprint density at radius 1 is 1.05 bits per heavy atom. The van der Waals surface area contributed by atoms with Gasteiger partial charge >= 0.3 is 0 Å². The van der Waals surface area contributed by atoms with Crippen LogP contribution in [-0.4, -0.2) is 16.8 Å². The van der Waals surface area contributed by atoms with Crippen LogP contribution in [0.1, 0.15) is 5.56 Å². The van der Waals surface area contributed by atoms with Gasteiger partial charge in [0.25, 0.3) is 0 Å². The zero-order chi connectivity index (χ0) is 13.5. The summed E-state index contributed by atoms with van der Waals surface area (Å²) in [5.74, 6) is 0. The fourth-order valence-electron chi connectivity index (χ4n) is 1.54. The molecule has 98 valence electrons. The summed E-state index contributed by atoms with van der Waals surface area (Å²) in [6.45, 7) is 0.416. The monoisotopic (exact) mass is 291 g/mol. The lowest BCUT2D eigenvalue weighted by atomic mass is 10.2. The molecule has 0 atom stereocenters. The molecule has 0 spiro atoms. The molecule has 0 heterocycles. The number of thioether (sulfide) groups is 1. The summed E-state index contributed by atoms with van der Waals surface area (Å²) in [6, 6.07) is 17.5. The van der Waals surface area contributed by atoms with E-state index in [1.54, 1.807) is 0 Å². The fourth-order valence-corrected chi connectivity index (χ4v) is 2.49. The predicted octanol–water partition coefficient (Wildman–Crippen LogP) is 4.02. The van der Waals surface area contributed by atoms with Gasteiger partial charge in [-0.25, -0.2) is 0 Å². The molecule has 0 aliphatic rings. The molecule has 0 saturated heterocycles. The quantitative estimate of drug-likeness (QED) is 0.524. The highest BCUT2D eigenvalue weighted by Gasteiger charge is 2.02. The number of aliphatic hydroxyl groups excluding tert-OH is 1. The maximum atomic E-state index is 9.35. The zero-order valence-electron chi connectivity index (χ0n) is 10.3. The predicted molar refractivity (Wildman–Crippen MR) is 82.0 cm³/mol. The number of rotatable bonds is 4. The van der Waals surface area contributed by atoms with E-state index in [-0.39, 0.29) is 6.61 Å². The molecule has 2 aromatic rings. The Morgan fingerprint density at radius 3 is 2.42 bits per heavy atom. The minimum absolute atomic E-state index is 0.0655. The van der Waals surface area contributed by atoms with Crippen LogP contribution in [0.25, 0.3) is 0 Å². The minimum atomic E-state index is -0.0655. The third-order valence-corrected chi connectivity index (χ3v) is 3.87. The van der Waals surface area contributed by atoms with Gasteiger partial charge in [0.05, 0.1) is 18.2 Å². The van der Waals surface area contributed by atoms with E-state index < -0.39 is 0 Å². The molecule has 1 N–H and O–H groups in total. The smallest absolute Gasteiger partial charge is 0.0982 e. The number of aliphatic imine (C=N–C) groups is 1. The van der Waals surface area contributed by atoms with E-state index >= 15 is 0 Å². The average Bonchev–Trinajstić information content (AvgIpc) is 2.46. The Bertz CT molecular complexity index is 557. The molecule has 19 heavy (non-hydrogen) atoms. The Morgan fingerprint density at radius 2 is 1.74 bits per heavy atom. The van der Waals surface area contributed by atoms with Crippen molar-refractivity contribution in [1.82, 2.24) is 0 Å². The molecular formula is C15H14ClNOS. The highest BCUT2D eigenvalue weighted by atomic mass is 35.5. The number of aliphatic hydroxyl groups is 1. The van der Waals surface area contributed by atoms with Crippen LogP contribution in [0.15, 0.2) is 64.5 Å². The zero-order valence-corrected chi connectivity index (χ0v) is 11.9. The summed E-state index contributed by atoms with van der Waals surface area (Å²) in [5, 5.41) is 10.7. The van der Waals surface area contributed by atoms with E-state index in [0.29, 0.717) is 16.6 Å². The van der Waals surface area contributed by atoms with Gasteiger partial charge in [0, 0.05) is 9.92 Å². The van der Waals surface area contributed by atoms with E-state index in [2.05, 4.69) is 4.99 Å². The lowest BCUT2D eigenvalue weighted by Gasteiger charge is -2.04. The first kappa shape index (κ1) is 14.1. The van der Waals surface area contributed by atoms with Crippen molar-refractivity contribution < 1.29 is 5.11 Å². The lowest BCUT2D eigenvalue weighted by Crippen LogP contribution is -2.00. The second kappa shape index (κ2) is 7.34. The molecule has 0 saturated carbocycles. The van der Waals surface area contributed by atoms with Crippen molar-refractivity contribution >= 4 is 28.4 Å². The van der Waals surface area contributed by atoms with Gasteiger partial charge in [0.15, 0.2) is 0 Å². The molecular weight excluding hydrogens is 278 g/mol. The number of halogens is 1. The molecule has 0 amide bonds. The van der Waals surface area contributed by atoms with Crippen LogP contribution in [-0.2, 0) is 6.54 Å². The molecule has 0 aliphatic heterocycles. The second-order valence-electron chi connectivity index (χ2n) is 3.87. The average molecular weight is 292 g/mol. The van der Waals surface area contributed by atoms with E-state index in [0.717, 1.165) is 10.5 Å². The van der Waals surface area contributed by atoms with Gasteiger partial charge in [-0.2, -0.15) is 0 Å². The Balaban J connectivity index is 2.06. The number of benzene rings is 2. The van der Waals surface area contributed by atoms with Crippen LogP contribution in [0.5, 0.6) is 0 Å². The third-order valence-electron chi connectivity index (χ3n) is 2.50. The van der Waals surface area contributed by atoms with Gasteiger partial charge in [-0.3, -0.25) is 4.99 Å². The third kappa shape index (κ3) is 4.39. The van der Waals surface area contributed by atoms with Crippen molar-refractivity contribution in [3.8, 4) is 0 Å². The molecule has 2 rings (SSSR count). The van der Waals surface area contributed by atoms with Crippen molar-refractivity contribution in [3.63, 3.8) is 0 Å². The maximum Gasteiger partial charge on any atom is 0.0982 e. The molecule has 4 heteroatoms. The van der Waals surface area contributed by atoms with Crippen LogP contribution >= 0.6 is 23.4 Å². The summed E-state index contributed by atoms with van der Waals surface area (Å²) in [7, 11) is 0. The maximum absolute atomic E-state index is 9.35. The summed E-state index contributed by atoms with van der Waals surface area (Å²) in [5.41, 5.74) is 0.962. The van der Waals surface area contributed by atoms with Crippen molar-refractivity contribution in [3.05, 3.63) is 65.2 Å². The van der Waals surface area contributed by atoms with Crippen molar-refractivity contribution in [2.24, 2.45) is 4.99 Å². The fraction of sp³-hybridized carbons (Fsp3) is 0.133.